The van der Waals surface area contributed by atoms with Crippen LogP contribution in [0.15, 0.2) is 120 Å². The second kappa shape index (κ2) is 14.2. The summed E-state index contributed by atoms with van der Waals surface area (Å²) in [7, 11) is -2.44. The monoisotopic (exact) mass is 572 g/mol. The lowest BCUT2D eigenvalue weighted by atomic mass is 10.1. The van der Waals surface area contributed by atoms with Crippen LogP contribution in [0.1, 0.15) is 21.5 Å². The van der Waals surface area contributed by atoms with Gasteiger partial charge in [-0.3, -0.25) is 4.79 Å². The summed E-state index contributed by atoms with van der Waals surface area (Å²) in [6, 6.07) is 31.4. The predicted molar refractivity (Wildman–Crippen MR) is 156 cm³/mol. The number of hydrogen-bond acceptors (Lipinski definition) is 6. The Labute approximate surface area is 240 Å². The number of hydrogen-bond donors (Lipinski definition) is 2. The third kappa shape index (κ3) is 8.76. The summed E-state index contributed by atoms with van der Waals surface area (Å²) in [5.74, 6) is -0.551. The minimum Gasteiger partial charge on any atom is -0.497 e. The van der Waals surface area contributed by atoms with Gasteiger partial charge in [0.15, 0.2) is 0 Å². The van der Waals surface area contributed by atoms with E-state index in [9.17, 15) is 18.0 Å². The van der Waals surface area contributed by atoms with Crippen molar-refractivity contribution >= 4 is 21.9 Å². The third-order valence-corrected chi connectivity index (χ3v) is 7.89. The van der Waals surface area contributed by atoms with Crippen LogP contribution in [0.2, 0.25) is 0 Å². The van der Waals surface area contributed by atoms with Gasteiger partial charge < -0.3 is 14.8 Å². The minimum absolute atomic E-state index is 0.0553. The predicted octanol–water partition coefficient (Wildman–Crippen LogP) is 4.17. The number of methoxy groups -OCH3 is 1. The summed E-state index contributed by atoms with van der Waals surface area (Å²) >= 11 is 0. The number of benzene rings is 4. The number of carbonyl (C=O) groups excluding carboxylic acids is 2. The second-order valence-corrected chi connectivity index (χ2v) is 11.1. The largest absolute Gasteiger partial charge is 0.497 e. The van der Waals surface area contributed by atoms with Gasteiger partial charge in [0, 0.05) is 12.0 Å². The van der Waals surface area contributed by atoms with E-state index in [4.69, 9.17) is 9.47 Å². The number of carbonyl (C=O) groups is 2. The van der Waals surface area contributed by atoms with Crippen LogP contribution in [0, 0.1) is 0 Å². The molecule has 0 aliphatic heterocycles. The Morgan fingerprint density at radius 1 is 0.732 bits per heavy atom. The summed E-state index contributed by atoms with van der Waals surface area (Å²) in [6.07, 6.45) is 0.488. The average molecular weight is 573 g/mol. The molecule has 9 heteroatoms. The molecular weight excluding hydrogens is 540 g/mol. The van der Waals surface area contributed by atoms with Crippen LogP contribution in [0.3, 0.4) is 0 Å². The van der Waals surface area contributed by atoms with Crippen LogP contribution in [0.5, 0.6) is 5.75 Å². The van der Waals surface area contributed by atoms with E-state index in [1.54, 1.807) is 42.5 Å². The first-order chi connectivity index (χ1) is 19.8. The standard InChI is InChI=1S/C32H32N2O6S/c1-39-28-17-19-29(20-18-28)41(37,38)34-27(21-24-11-5-2-6-12-24)23-40-32(36)30(22-25-13-7-3-8-14-25)33-31(35)26-15-9-4-10-16-26/h2-20,27,30,34H,21-23H2,1H3,(H,33,35)/t27-,30+/m0/s1. The lowest BCUT2D eigenvalue weighted by molar-refractivity contribution is -0.146. The number of esters is 1. The molecule has 0 heterocycles. The molecule has 2 N–H and O–H groups in total. The highest BCUT2D eigenvalue weighted by Crippen LogP contribution is 2.17. The van der Waals surface area contributed by atoms with Crippen LogP contribution < -0.4 is 14.8 Å². The van der Waals surface area contributed by atoms with Gasteiger partial charge in [0.1, 0.15) is 18.4 Å². The van der Waals surface area contributed by atoms with E-state index < -0.39 is 34.0 Å². The van der Waals surface area contributed by atoms with Crippen LogP contribution in [0.4, 0.5) is 0 Å². The zero-order valence-corrected chi connectivity index (χ0v) is 23.4. The molecule has 212 valence electrons. The Morgan fingerprint density at radius 2 is 1.27 bits per heavy atom. The van der Waals surface area contributed by atoms with Gasteiger partial charge in [-0.25, -0.2) is 17.9 Å². The molecule has 8 nitrogen and oxygen atoms in total. The van der Waals surface area contributed by atoms with Crippen molar-refractivity contribution in [2.75, 3.05) is 13.7 Å². The summed E-state index contributed by atoms with van der Waals surface area (Å²) in [4.78, 5) is 26.3. The van der Waals surface area contributed by atoms with E-state index in [-0.39, 0.29) is 24.3 Å². The molecule has 0 aliphatic rings. The molecule has 0 bridgehead atoms. The third-order valence-electron chi connectivity index (χ3n) is 6.35. The molecule has 4 aromatic rings. The van der Waals surface area contributed by atoms with E-state index in [1.807, 2.05) is 60.7 Å². The van der Waals surface area contributed by atoms with E-state index in [0.717, 1.165) is 11.1 Å². The number of rotatable bonds is 13. The number of amides is 1. The summed E-state index contributed by atoms with van der Waals surface area (Å²) in [5, 5.41) is 2.78. The van der Waals surface area contributed by atoms with E-state index in [2.05, 4.69) is 10.0 Å². The van der Waals surface area contributed by atoms with Gasteiger partial charge in [-0.05, 0) is 53.9 Å². The molecule has 2 atom stereocenters. The van der Waals surface area contributed by atoms with Gasteiger partial charge in [0.2, 0.25) is 10.0 Å². The highest BCUT2D eigenvalue weighted by molar-refractivity contribution is 7.89. The van der Waals surface area contributed by atoms with Crippen molar-refractivity contribution in [1.82, 2.24) is 10.0 Å². The molecule has 0 radical (unpaired) electrons. The van der Waals surface area contributed by atoms with Crippen molar-refractivity contribution in [2.24, 2.45) is 0 Å². The van der Waals surface area contributed by atoms with Crippen LogP contribution >= 0.6 is 0 Å². The van der Waals surface area contributed by atoms with Gasteiger partial charge >= 0.3 is 5.97 Å². The Hall–Kier alpha value is -4.47. The fourth-order valence-corrected chi connectivity index (χ4v) is 5.45. The molecule has 0 unspecified atom stereocenters. The molecule has 4 aromatic carbocycles. The quantitative estimate of drug-likeness (QED) is 0.233. The maximum absolute atomic E-state index is 13.3. The average Bonchev–Trinajstić information content (AvgIpc) is 3.00. The molecular formula is C32H32N2O6S. The maximum Gasteiger partial charge on any atom is 0.329 e. The highest BCUT2D eigenvalue weighted by atomic mass is 32.2. The topological polar surface area (TPSA) is 111 Å². The highest BCUT2D eigenvalue weighted by Gasteiger charge is 2.27. The molecule has 0 aromatic heterocycles. The Morgan fingerprint density at radius 3 is 1.83 bits per heavy atom. The first-order valence-electron chi connectivity index (χ1n) is 13.1. The molecule has 4 rings (SSSR count). The van der Waals surface area contributed by atoms with Crippen molar-refractivity contribution in [1.29, 1.82) is 0 Å². The van der Waals surface area contributed by atoms with E-state index in [0.29, 0.717) is 11.3 Å². The molecule has 1 amide bonds. The molecule has 0 fully saturated rings. The lowest BCUT2D eigenvalue weighted by Gasteiger charge is -2.22. The first-order valence-corrected chi connectivity index (χ1v) is 14.6. The normalized spacial score (nSPS) is 12.6. The lowest BCUT2D eigenvalue weighted by Crippen LogP contribution is -2.46. The molecule has 0 saturated carbocycles. The molecule has 41 heavy (non-hydrogen) atoms. The van der Waals surface area contributed by atoms with E-state index in [1.165, 1.54) is 19.2 Å². The summed E-state index contributed by atoms with van der Waals surface area (Å²) in [6.45, 7) is -0.240. The maximum atomic E-state index is 13.3. The van der Waals surface area contributed by atoms with Gasteiger partial charge in [-0.15, -0.1) is 0 Å². The fourth-order valence-electron chi connectivity index (χ4n) is 4.23. The van der Waals surface area contributed by atoms with Crippen molar-refractivity contribution in [2.45, 2.75) is 29.8 Å². The number of sulfonamides is 1. The van der Waals surface area contributed by atoms with Crippen molar-refractivity contribution < 1.29 is 27.5 Å². The SMILES string of the molecule is COc1ccc(S(=O)(=O)N[C@H](COC(=O)[C@@H](Cc2ccccc2)NC(=O)c2ccccc2)Cc2ccccc2)cc1. The summed E-state index contributed by atoms with van der Waals surface area (Å²) < 4.78 is 39.9. The smallest absolute Gasteiger partial charge is 0.329 e. The van der Waals surface area contributed by atoms with Crippen molar-refractivity contribution in [3.05, 3.63) is 132 Å². The Bertz CT molecular complexity index is 1510. The Balaban J connectivity index is 1.51. The fraction of sp³-hybridized carbons (Fsp3) is 0.188. The number of nitrogens with one attached hydrogen (secondary N) is 2. The van der Waals surface area contributed by atoms with E-state index >= 15 is 0 Å². The zero-order valence-electron chi connectivity index (χ0n) is 22.6. The minimum atomic E-state index is -3.94. The second-order valence-electron chi connectivity index (χ2n) is 9.40. The number of ether oxygens (including phenoxy) is 2. The zero-order chi connectivity index (χ0) is 29.1. The summed E-state index contributed by atoms with van der Waals surface area (Å²) in [5.41, 5.74) is 2.11. The van der Waals surface area contributed by atoms with Crippen molar-refractivity contribution in [3.63, 3.8) is 0 Å². The molecule has 0 aliphatic carbocycles. The molecule has 0 saturated heterocycles. The molecule has 0 spiro atoms. The van der Waals surface area contributed by atoms with Crippen LogP contribution in [-0.4, -0.2) is 46.1 Å². The van der Waals surface area contributed by atoms with Gasteiger partial charge in [-0.1, -0.05) is 78.9 Å². The van der Waals surface area contributed by atoms with Crippen LogP contribution in [-0.2, 0) is 32.4 Å². The van der Waals surface area contributed by atoms with Gasteiger partial charge in [0.05, 0.1) is 18.0 Å². The first kappa shape index (κ1) is 29.5. The van der Waals surface area contributed by atoms with Gasteiger partial charge in [-0.2, -0.15) is 0 Å². The van der Waals surface area contributed by atoms with Crippen molar-refractivity contribution in [3.8, 4) is 5.75 Å². The van der Waals surface area contributed by atoms with Crippen LogP contribution in [0.25, 0.3) is 0 Å². The Kier molecular flexibility index (Phi) is 10.3. The van der Waals surface area contributed by atoms with Gasteiger partial charge in [0.25, 0.3) is 5.91 Å².